The molecule has 3 heterocycles. The monoisotopic (exact) mass is 408 g/mol. The number of hydrogen-bond donors (Lipinski definition) is 1. The number of thioether (sulfide) groups is 1. The molecule has 0 radical (unpaired) electrons. The molecule has 1 saturated heterocycles. The first-order chi connectivity index (χ1) is 14.2. The zero-order chi connectivity index (χ0) is 19.8. The Hall–Kier alpha value is -2.38. The normalized spacial score (nSPS) is 26.6. The van der Waals surface area contributed by atoms with Crippen molar-refractivity contribution in [3.05, 3.63) is 55.1 Å². The molecule has 5 rings (SSSR count). The SMILES string of the molecule is O=C(CSc1ccncc1)N1C[C@H]2C[C@@H](n3cnc4ccccc43)[C@H](O)C[C@H]2C1. The number of aliphatic hydroxyl groups is 1. The first-order valence-corrected chi connectivity index (χ1v) is 11.1. The molecule has 1 amide bonds. The summed E-state index contributed by atoms with van der Waals surface area (Å²) < 4.78 is 2.12. The number of benzene rings is 1. The molecule has 7 heteroatoms. The molecule has 0 bridgehead atoms. The molecule has 4 atom stereocenters. The molecule has 2 fully saturated rings. The lowest BCUT2D eigenvalue weighted by atomic mass is 9.77. The largest absolute Gasteiger partial charge is 0.391 e. The van der Waals surface area contributed by atoms with Gasteiger partial charge in [-0.25, -0.2) is 4.98 Å². The van der Waals surface area contributed by atoms with Gasteiger partial charge in [0.05, 0.1) is 35.3 Å². The second-order valence-electron chi connectivity index (χ2n) is 8.04. The molecule has 2 aromatic heterocycles. The second-order valence-corrected chi connectivity index (χ2v) is 9.09. The Labute approximate surface area is 174 Å². The quantitative estimate of drug-likeness (QED) is 0.672. The van der Waals surface area contributed by atoms with Crippen molar-refractivity contribution in [2.75, 3.05) is 18.8 Å². The van der Waals surface area contributed by atoms with Crippen LogP contribution in [0.1, 0.15) is 18.9 Å². The van der Waals surface area contributed by atoms with Gasteiger partial charge in [0.1, 0.15) is 0 Å². The Bertz CT molecular complexity index is 1010. The molecule has 0 spiro atoms. The molecule has 6 nitrogen and oxygen atoms in total. The fourth-order valence-corrected chi connectivity index (χ4v) is 5.61. The van der Waals surface area contributed by atoms with Crippen molar-refractivity contribution in [3.8, 4) is 0 Å². The van der Waals surface area contributed by atoms with Crippen molar-refractivity contribution in [3.63, 3.8) is 0 Å². The van der Waals surface area contributed by atoms with Gasteiger partial charge in [0.15, 0.2) is 0 Å². The number of aliphatic hydroxyl groups excluding tert-OH is 1. The molecular formula is C22H24N4O2S. The van der Waals surface area contributed by atoms with Gasteiger partial charge in [-0.05, 0) is 48.9 Å². The van der Waals surface area contributed by atoms with Gasteiger partial charge < -0.3 is 14.6 Å². The molecule has 150 valence electrons. The minimum Gasteiger partial charge on any atom is -0.391 e. The van der Waals surface area contributed by atoms with Gasteiger partial charge >= 0.3 is 0 Å². The minimum absolute atomic E-state index is 0.0184. The highest BCUT2D eigenvalue weighted by Crippen LogP contribution is 2.42. The number of para-hydroxylation sites is 2. The van der Waals surface area contributed by atoms with Crippen LogP contribution in [0.15, 0.2) is 60.0 Å². The average Bonchev–Trinajstić information content (AvgIpc) is 3.36. The van der Waals surface area contributed by atoms with Crippen molar-refractivity contribution < 1.29 is 9.90 Å². The van der Waals surface area contributed by atoms with Crippen LogP contribution in [0.2, 0.25) is 0 Å². The number of pyridine rings is 1. The number of imidazole rings is 1. The number of likely N-dealkylation sites (tertiary alicyclic amines) is 1. The number of hydrogen-bond acceptors (Lipinski definition) is 5. The van der Waals surface area contributed by atoms with Crippen LogP contribution in [-0.4, -0.2) is 55.4 Å². The lowest BCUT2D eigenvalue weighted by Gasteiger charge is -2.36. The molecule has 1 aliphatic heterocycles. The lowest BCUT2D eigenvalue weighted by Crippen LogP contribution is -2.36. The number of nitrogens with zero attached hydrogens (tertiary/aromatic N) is 4. The Morgan fingerprint density at radius 3 is 2.69 bits per heavy atom. The number of rotatable bonds is 4. The van der Waals surface area contributed by atoms with E-state index in [1.807, 2.05) is 41.6 Å². The summed E-state index contributed by atoms with van der Waals surface area (Å²) >= 11 is 1.56. The number of carbonyl (C=O) groups is 1. The van der Waals surface area contributed by atoms with E-state index in [0.29, 0.717) is 17.6 Å². The third-order valence-corrected chi connectivity index (χ3v) is 7.31. The second kappa shape index (κ2) is 7.80. The Kier molecular flexibility index (Phi) is 5.01. The third kappa shape index (κ3) is 3.65. The van der Waals surface area contributed by atoms with Crippen LogP contribution in [-0.2, 0) is 4.79 Å². The van der Waals surface area contributed by atoms with Crippen molar-refractivity contribution in [1.82, 2.24) is 19.4 Å². The zero-order valence-electron chi connectivity index (χ0n) is 16.1. The van der Waals surface area contributed by atoms with E-state index in [9.17, 15) is 9.90 Å². The fourth-order valence-electron chi connectivity index (χ4n) is 4.82. The smallest absolute Gasteiger partial charge is 0.232 e. The highest BCUT2D eigenvalue weighted by Gasteiger charge is 2.43. The molecular weight excluding hydrogens is 384 g/mol. The van der Waals surface area contributed by atoms with E-state index in [2.05, 4.69) is 20.6 Å². The van der Waals surface area contributed by atoms with Gasteiger partial charge in [0, 0.05) is 30.4 Å². The Morgan fingerprint density at radius 2 is 1.86 bits per heavy atom. The van der Waals surface area contributed by atoms with E-state index in [-0.39, 0.29) is 11.9 Å². The van der Waals surface area contributed by atoms with E-state index in [1.54, 1.807) is 24.2 Å². The zero-order valence-corrected chi connectivity index (χ0v) is 16.9. The Balaban J connectivity index is 1.26. The maximum atomic E-state index is 12.7. The van der Waals surface area contributed by atoms with Gasteiger partial charge in [-0.3, -0.25) is 9.78 Å². The summed E-state index contributed by atoms with van der Waals surface area (Å²) in [6, 6.07) is 11.9. The summed E-state index contributed by atoms with van der Waals surface area (Å²) in [7, 11) is 0. The third-order valence-electron chi connectivity index (χ3n) is 6.31. The van der Waals surface area contributed by atoms with Crippen LogP contribution >= 0.6 is 11.8 Å². The van der Waals surface area contributed by atoms with Gasteiger partial charge in [-0.1, -0.05) is 12.1 Å². The number of fused-ring (bicyclic) bond motifs is 2. The lowest BCUT2D eigenvalue weighted by molar-refractivity contribution is -0.127. The standard InChI is InChI=1S/C22H24N4O2S/c27-21-10-16-12-25(22(28)13-29-17-5-7-23-8-6-17)11-15(16)9-20(21)26-14-24-18-3-1-2-4-19(18)26/h1-8,14-16,20-21,27H,9-13H2/t15-,16+,20-,21-/m1/s1. The first kappa shape index (κ1) is 18.6. The number of carbonyl (C=O) groups excluding carboxylic acids is 1. The topological polar surface area (TPSA) is 71.2 Å². The maximum Gasteiger partial charge on any atom is 0.232 e. The van der Waals surface area contributed by atoms with Crippen LogP contribution in [0, 0.1) is 11.8 Å². The fraction of sp³-hybridized carbons (Fsp3) is 0.409. The molecule has 1 saturated carbocycles. The van der Waals surface area contributed by atoms with Gasteiger partial charge in [0.25, 0.3) is 0 Å². The summed E-state index contributed by atoms with van der Waals surface area (Å²) in [5.74, 6) is 1.44. The van der Waals surface area contributed by atoms with E-state index in [1.165, 1.54) is 0 Å². The predicted molar refractivity (Wildman–Crippen MR) is 113 cm³/mol. The summed E-state index contributed by atoms with van der Waals surface area (Å²) in [5, 5.41) is 10.9. The molecule has 2 aliphatic rings. The van der Waals surface area contributed by atoms with Gasteiger partial charge in [-0.2, -0.15) is 0 Å². The highest BCUT2D eigenvalue weighted by atomic mass is 32.2. The van der Waals surface area contributed by atoms with Crippen LogP contribution in [0.4, 0.5) is 0 Å². The first-order valence-electron chi connectivity index (χ1n) is 10.1. The summed E-state index contributed by atoms with van der Waals surface area (Å²) in [5.41, 5.74) is 2.02. The predicted octanol–water partition coefficient (Wildman–Crippen LogP) is 2.99. The summed E-state index contributed by atoms with van der Waals surface area (Å²) in [6.07, 6.45) is 6.56. The molecule has 0 unspecified atom stereocenters. The minimum atomic E-state index is -0.407. The van der Waals surface area contributed by atoms with Crippen molar-refractivity contribution in [2.24, 2.45) is 11.8 Å². The van der Waals surface area contributed by atoms with Crippen molar-refractivity contribution >= 4 is 28.7 Å². The highest BCUT2D eigenvalue weighted by molar-refractivity contribution is 8.00. The molecule has 3 aromatic rings. The van der Waals surface area contributed by atoms with E-state index in [0.717, 1.165) is 41.9 Å². The van der Waals surface area contributed by atoms with Gasteiger partial charge in [0.2, 0.25) is 5.91 Å². The van der Waals surface area contributed by atoms with Gasteiger partial charge in [-0.15, -0.1) is 11.8 Å². The van der Waals surface area contributed by atoms with E-state index < -0.39 is 6.10 Å². The van der Waals surface area contributed by atoms with Crippen LogP contribution in [0.5, 0.6) is 0 Å². The van der Waals surface area contributed by atoms with Crippen molar-refractivity contribution in [2.45, 2.75) is 29.9 Å². The van der Waals surface area contributed by atoms with Crippen LogP contribution in [0.3, 0.4) is 0 Å². The average molecular weight is 409 g/mol. The van der Waals surface area contributed by atoms with Crippen molar-refractivity contribution in [1.29, 1.82) is 0 Å². The summed E-state index contributed by atoms with van der Waals surface area (Å²) in [6.45, 7) is 1.55. The summed E-state index contributed by atoms with van der Waals surface area (Å²) in [4.78, 5) is 24.3. The van der Waals surface area contributed by atoms with E-state index in [4.69, 9.17) is 0 Å². The Morgan fingerprint density at radius 1 is 1.10 bits per heavy atom. The molecule has 1 aromatic carbocycles. The molecule has 1 aliphatic carbocycles. The molecule has 1 N–H and O–H groups in total. The van der Waals surface area contributed by atoms with E-state index >= 15 is 0 Å². The van der Waals surface area contributed by atoms with Crippen LogP contribution < -0.4 is 0 Å². The maximum absolute atomic E-state index is 12.7. The number of aromatic nitrogens is 3. The molecule has 29 heavy (non-hydrogen) atoms. The van der Waals surface area contributed by atoms with Crippen LogP contribution in [0.25, 0.3) is 11.0 Å². The number of amides is 1.